The summed E-state index contributed by atoms with van der Waals surface area (Å²) in [7, 11) is 6.30. The number of fused-ring (bicyclic) bond motifs is 4. The molecule has 0 radical (unpaired) electrons. The number of methoxy groups -OCH3 is 4. The van der Waals surface area contributed by atoms with E-state index < -0.39 is 0 Å². The maximum Gasteiger partial charge on any atom is 0.231 e. The van der Waals surface area contributed by atoms with Crippen LogP contribution in [0.3, 0.4) is 0 Å². The van der Waals surface area contributed by atoms with Crippen LogP contribution in [0.25, 0.3) is 11.1 Å². The zero-order chi connectivity index (χ0) is 22.1. The highest BCUT2D eigenvalue weighted by Crippen LogP contribution is 2.56. The van der Waals surface area contributed by atoms with E-state index in [9.17, 15) is 10.2 Å². The van der Waals surface area contributed by atoms with E-state index in [-0.39, 0.29) is 31.8 Å². The van der Waals surface area contributed by atoms with Gasteiger partial charge in [0.1, 0.15) is 0 Å². The van der Waals surface area contributed by atoms with Gasteiger partial charge in [-0.3, -0.25) is 0 Å². The average Bonchev–Trinajstić information content (AvgIpc) is 3.26. The lowest BCUT2D eigenvalue weighted by Crippen LogP contribution is -2.28. The van der Waals surface area contributed by atoms with Gasteiger partial charge in [0, 0.05) is 24.3 Å². The van der Waals surface area contributed by atoms with Crippen LogP contribution in [0.4, 0.5) is 0 Å². The highest BCUT2D eigenvalue weighted by molar-refractivity contribution is 5.88. The van der Waals surface area contributed by atoms with Gasteiger partial charge in [-0.05, 0) is 47.9 Å². The molecule has 0 spiro atoms. The van der Waals surface area contributed by atoms with Gasteiger partial charge in [-0.2, -0.15) is 0 Å². The smallest absolute Gasteiger partial charge is 0.231 e. The molecule has 2 aromatic carbocycles. The van der Waals surface area contributed by atoms with Gasteiger partial charge in [-0.1, -0.05) is 0 Å². The molecule has 2 N–H and O–H groups in total. The molecule has 1 heterocycles. The zero-order valence-electron chi connectivity index (χ0n) is 18.2. The lowest BCUT2D eigenvalue weighted by atomic mass is 9.76. The Morgan fingerprint density at radius 1 is 0.774 bits per heavy atom. The third kappa shape index (κ3) is 3.40. The van der Waals surface area contributed by atoms with Crippen LogP contribution in [0.1, 0.15) is 11.1 Å². The summed E-state index contributed by atoms with van der Waals surface area (Å²) in [5, 5.41) is 20.2. The second-order valence-electron chi connectivity index (χ2n) is 7.65. The van der Waals surface area contributed by atoms with Gasteiger partial charge >= 0.3 is 0 Å². The molecule has 2 aromatic rings. The summed E-state index contributed by atoms with van der Waals surface area (Å²) in [5.74, 6) is 2.85. The van der Waals surface area contributed by atoms with E-state index in [2.05, 4.69) is 0 Å². The molecule has 8 heteroatoms. The Balaban J connectivity index is 2.11. The predicted molar refractivity (Wildman–Crippen MR) is 113 cm³/mol. The minimum atomic E-state index is -0.156. The SMILES string of the molecule is COc1cc2c(c(OC)c1OC)-c1c(cc3c(c1OC)OCO3)C[C@@H](CO)[C@@H](CO)C2. The van der Waals surface area contributed by atoms with Crippen LogP contribution >= 0.6 is 0 Å². The summed E-state index contributed by atoms with van der Waals surface area (Å²) in [5.41, 5.74) is 3.39. The van der Waals surface area contributed by atoms with Gasteiger partial charge in [-0.15, -0.1) is 0 Å². The summed E-state index contributed by atoms with van der Waals surface area (Å²) in [6.07, 6.45) is 1.05. The Morgan fingerprint density at radius 3 is 1.90 bits per heavy atom. The molecule has 8 nitrogen and oxygen atoms in total. The summed E-state index contributed by atoms with van der Waals surface area (Å²) < 4.78 is 34.2. The Bertz CT molecular complexity index is 971. The molecule has 0 saturated carbocycles. The van der Waals surface area contributed by atoms with Crippen molar-refractivity contribution >= 4 is 0 Å². The van der Waals surface area contributed by atoms with Gasteiger partial charge < -0.3 is 38.6 Å². The van der Waals surface area contributed by atoms with Crippen LogP contribution in [-0.2, 0) is 12.8 Å². The Morgan fingerprint density at radius 2 is 1.35 bits per heavy atom. The number of aliphatic hydroxyl groups excluding tert-OH is 2. The van der Waals surface area contributed by atoms with Crippen LogP contribution in [-0.4, -0.2) is 58.7 Å². The van der Waals surface area contributed by atoms with Crippen molar-refractivity contribution in [3.63, 3.8) is 0 Å². The monoisotopic (exact) mass is 432 g/mol. The van der Waals surface area contributed by atoms with E-state index in [1.807, 2.05) is 12.1 Å². The van der Waals surface area contributed by atoms with Crippen molar-refractivity contribution in [1.29, 1.82) is 0 Å². The Kier molecular flexibility index (Phi) is 6.02. The van der Waals surface area contributed by atoms with Gasteiger partial charge in [-0.25, -0.2) is 0 Å². The molecule has 1 aliphatic heterocycles. The van der Waals surface area contributed by atoms with Crippen molar-refractivity contribution in [2.24, 2.45) is 11.8 Å². The molecule has 31 heavy (non-hydrogen) atoms. The van der Waals surface area contributed by atoms with E-state index >= 15 is 0 Å². The fraction of sp³-hybridized carbons (Fsp3) is 0.478. The van der Waals surface area contributed by atoms with E-state index in [0.717, 1.165) is 22.3 Å². The minimum Gasteiger partial charge on any atom is -0.493 e. The van der Waals surface area contributed by atoms with Crippen LogP contribution in [0.15, 0.2) is 12.1 Å². The largest absolute Gasteiger partial charge is 0.493 e. The number of ether oxygens (including phenoxy) is 6. The van der Waals surface area contributed by atoms with E-state index in [1.165, 1.54) is 0 Å². The van der Waals surface area contributed by atoms with Crippen molar-refractivity contribution in [3.05, 3.63) is 23.3 Å². The summed E-state index contributed by atoms with van der Waals surface area (Å²) >= 11 is 0. The molecule has 168 valence electrons. The highest BCUT2D eigenvalue weighted by atomic mass is 16.7. The number of hydrogen-bond acceptors (Lipinski definition) is 8. The number of benzene rings is 2. The summed E-state index contributed by atoms with van der Waals surface area (Å²) in [4.78, 5) is 0. The van der Waals surface area contributed by atoms with Gasteiger partial charge in [0.2, 0.25) is 18.3 Å². The van der Waals surface area contributed by atoms with Crippen LogP contribution in [0.5, 0.6) is 34.5 Å². The average molecular weight is 432 g/mol. The third-order valence-corrected chi connectivity index (χ3v) is 6.17. The molecular formula is C23H28O8. The number of hydrogen-bond donors (Lipinski definition) is 2. The number of aliphatic hydroxyl groups is 2. The highest BCUT2D eigenvalue weighted by Gasteiger charge is 2.35. The Labute approximate surface area is 181 Å². The lowest BCUT2D eigenvalue weighted by molar-refractivity contribution is 0.119. The van der Waals surface area contributed by atoms with Crippen molar-refractivity contribution < 1.29 is 38.6 Å². The fourth-order valence-electron chi connectivity index (χ4n) is 4.66. The van der Waals surface area contributed by atoms with Crippen molar-refractivity contribution in [2.75, 3.05) is 48.4 Å². The van der Waals surface area contributed by atoms with Crippen LogP contribution < -0.4 is 28.4 Å². The van der Waals surface area contributed by atoms with Crippen molar-refractivity contribution in [2.45, 2.75) is 12.8 Å². The first-order valence-corrected chi connectivity index (χ1v) is 10.1. The fourth-order valence-corrected chi connectivity index (χ4v) is 4.66. The molecule has 0 amide bonds. The lowest BCUT2D eigenvalue weighted by Gasteiger charge is -2.31. The molecule has 2 atom stereocenters. The van der Waals surface area contributed by atoms with Gasteiger partial charge in [0.15, 0.2) is 23.0 Å². The second kappa shape index (κ2) is 8.72. The predicted octanol–water partition coefficient (Wildman–Crippen LogP) is 2.43. The minimum absolute atomic E-state index is 0.0544. The van der Waals surface area contributed by atoms with Crippen LogP contribution in [0, 0.1) is 11.8 Å². The molecular weight excluding hydrogens is 404 g/mol. The van der Waals surface area contributed by atoms with Crippen molar-refractivity contribution in [3.8, 4) is 45.6 Å². The Hall–Kier alpha value is -2.84. The van der Waals surface area contributed by atoms with Gasteiger partial charge in [0.25, 0.3) is 0 Å². The normalized spacial score (nSPS) is 19.0. The van der Waals surface area contributed by atoms with Gasteiger partial charge in [0.05, 0.1) is 28.4 Å². The van der Waals surface area contributed by atoms with E-state index in [4.69, 9.17) is 28.4 Å². The summed E-state index contributed by atoms with van der Waals surface area (Å²) in [6.45, 7) is -0.00721. The first-order valence-electron chi connectivity index (χ1n) is 10.1. The topological polar surface area (TPSA) is 95.8 Å². The van der Waals surface area contributed by atoms with E-state index in [1.54, 1.807) is 28.4 Å². The molecule has 4 rings (SSSR count). The zero-order valence-corrected chi connectivity index (χ0v) is 18.2. The molecule has 0 fully saturated rings. The first-order chi connectivity index (χ1) is 15.1. The van der Waals surface area contributed by atoms with Crippen LogP contribution in [0.2, 0.25) is 0 Å². The first kappa shape index (κ1) is 21.4. The third-order valence-electron chi connectivity index (χ3n) is 6.17. The maximum absolute atomic E-state index is 10.1. The molecule has 0 unspecified atom stereocenters. The van der Waals surface area contributed by atoms with Crippen molar-refractivity contribution in [1.82, 2.24) is 0 Å². The standard InChI is InChI=1S/C23H28O8/c1-26-16-7-12-5-14(9-24)15(10-25)6-13-8-17-21(31-11-30-17)23(29-4)19(13)18(12)22(28-3)20(16)27-2/h7-8,14-15,24-25H,5-6,9-11H2,1-4H3/t14-,15+/m1/s1. The molecule has 2 aliphatic rings. The molecule has 0 bridgehead atoms. The molecule has 0 aromatic heterocycles. The van der Waals surface area contributed by atoms with E-state index in [0.29, 0.717) is 47.3 Å². The second-order valence-corrected chi connectivity index (χ2v) is 7.65. The summed E-state index contributed by atoms with van der Waals surface area (Å²) in [6, 6.07) is 3.81. The molecule has 1 aliphatic carbocycles. The quantitative estimate of drug-likeness (QED) is 0.719. The maximum atomic E-state index is 10.1. The molecule has 0 saturated heterocycles. The number of rotatable bonds is 6.